The summed E-state index contributed by atoms with van der Waals surface area (Å²) in [6, 6.07) is 22.7. The molecule has 5 nitrogen and oxygen atoms in total. The highest BCUT2D eigenvalue weighted by Gasteiger charge is 2.31. The largest absolute Gasteiger partial charge is 0.281 e. The van der Waals surface area contributed by atoms with Gasteiger partial charge in [0.2, 0.25) is 0 Å². The first-order valence-corrected chi connectivity index (χ1v) is 10.9. The quantitative estimate of drug-likeness (QED) is 0.375. The van der Waals surface area contributed by atoms with Gasteiger partial charge in [-0.15, -0.1) is 5.10 Å². The first-order valence-electron chi connectivity index (χ1n) is 10.9. The van der Waals surface area contributed by atoms with Crippen LogP contribution in [0.15, 0.2) is 78.9 Å². The Hall–Kier alpha value is -3.45. The molecule has 0 saturated heterocycles. The van der Waals surface area contributed by atoms with Crippen molar-refractivity contribution in [3.05, 3.63) is 113 Å². The Morgan fingerprint density at radius 3 is 1.91 bits per heavy atom. The summed E-state index contributed by atoms with van der Waals surface area (Å²) >= 11 is 0. The number of benzene rings is 3. The van der Waals surface area contributed by atoms with Gasteiger partial charge in [-0.05, 0) is 72.2 Å². The molecule has 0 N–H and O–H groups in total. The van der Waals surface area contributed by atoms with Gasteiger partial charge in [-0.2, -0.15) is 0 Å². The summed E-state index contributed by atoms with van der Waals surface area (Å²) in [7, 11) is 0. The molecule has 0 aliphatic rings. The van der Waals surface area contributed by atoms with Gasteiger partial charge in [-0.1, -0.05) is 54.6 Å². The highest BCUT2D eigenvalue weighted by molar-refractivity contribution is 5.27. The third kappa shape index (κ3) is 5.49. The van der Waals surface area contributed by atoms with E-state index in [1.807, 2.05) is 43.7 Å². The van der Waals surface area contributed by atoms with Gasteiger partial charge in [0.05, 0.1) is 11.6 Å². The van der Waals surface area contributed by atoms with E-state index in [9.17, 15) is 8.78 Å². The van der Waals surface area contributed by atoms with Crippen molar-refractivity contribution in [1.29, 1.82) is 0 Å². The molecular weight excluding hydrogens is 420 g/mol. The van der Waals surface area contributed by atoms with Crippen LogP contribution in [0.2, 0.25) is 0 Å². The summed E-state index contributed by atoms with van der Waals surface area (Å²) < 4.78 is 29.2. The molecule has 0 spiro atoms. The second-order valence-corrected chi connectivity index (χ2v) is 9.09. The molecule has 0 amide bonds. The van der Waals surface area contributed by atoms with Crippen LogP contribution in [0.4, 0.5) is 8.78 Å². The van der Waals surface area contributed by atoms with Crippen molar-refractivity contribution in [1.82, 2.24) is 25.1 Å². The Morgan fingerprint density at radius 2 is 1.33 bits per heavy atom. The number of rotatable bonds is 7. The number of hydrogen-bond acceptors (Lipinski definition) is 4. The fraction of sp³-hybridized carbons (Fsp3) is 0.269. The van der Waals surface area contributed by atoms with E-state index >= 15 is 0 Å². The fourth-order valence-corrected chi connectivity index (χ4v) is 3.89. The second-order valence-electron chi connectivity index (χ2n) is 9.09. The SMILES string of the molecule is CC(C)(C)n1nnnc1[C@H](c1ccc(F)cc1)N(Cc1ccccc1)Cc1ccc(F)cc1. The summed E-state index contributed by atoms with van der Waals surface area (Å²) in [4.78, 5) is 2.23. The smallest absolute Gasteiger partial charge is 0.173 e. The number of aromatic nitrogens is 4. The summed E-state index contributed by atoms with van der Waals surface area (Å²) in [5, 5.41) is 12.6. The van der Waals surface area contributed by atoms with Crippen LogP contribution in [0.3, 0.4) is 0 Å². The van der Waals surface area contributed by atoms with E-state index in [2.05, 4.69) is 32.6 Å². The lowest BCUT2D eigenvalue weighted by molar-refractivity contribution is 0.185. The first-order chi connectivity index (χ1) is 15.8. The molecule has 1 heterocycles. The molecule has 3 aromatic carbocycles. The predicted octanol–water partition coefficient (Wildman–Crippen LogP) is 5.50. The highest BCUT2D eigenvalue weighted by atomic mass is 19.1. The zero-order chi connectivity index (χ0) is 23.4. The van der Waals surface area contributed by atoms with Gasteiger partial charge < -0.3 is 0 Å². The maximum atomic E-state index is 13.8. The van der Waals surface area contributed by atoms with E-state index < -0.39 is 0 Å². The van der Waals surface area contributed by atoms with Crippen LogP contribution >= 0.6 is 0 Å². The second kappa shape index (κ2) is 9.58. The van der Waals surface area contributed by atoms with Gasteiger partial charge in [-0.25, -0.2) is 13.5 Å². The van der Waals surface area contributed by atoms with Gasteiger partial charge in [0.25, 0.3) is 0 Å². The van der Waals surface area contributed by atoms with E-state index in [0.29, 0.717) is 18.9 Å². The molecule has 0 aliphatic carbocycles. The maximum Gasteiger partial charge on any atom is 0.173 e. The van der Waals surface area contributed by atoms with Crippen molar-refractivity contribution in [3.63, 3.8) is 0 Å². The summed E-state index contributed by atoms with van der Waals surface area (Å²) in [5.74, 6) is 0.0772. The van der Waals surface area contributed by atoms with Gasteiger partial charge in [-0.3, -0.25) is 4.90 Å². The predicted molar refractivity (Wildman–Crippen MR) is 123 cm³/mol. The molecule has 0 fully saturated rings. The van der Waals surface area contributed by atoms with E-state index in [4.69, 9.17) is 0 Å². The van der Waals surface area contributed by atoms with Crippen molar-refractivity contribution in [2.24, 2.45) is 0 Å². The third-order valence-corrected chi connectivity index (χ3v) is 5.45. The third-order valence-electron chi connectivity index (χ3n) is 5.45. The molecule has 7 heteroatoms. The molecule has 170 valence electrons. The van der Waals surface area contributed by atoms with Gasteiger partial charge in [0.15, 0.2) is 5.82 Å². The molecule has 0 saturated carbocycles. The van der Waals surface area contributed by atoms with Crippen molar-refractivity contribution >= 4 is 0 Å². The zero-order valence-corrected chi connectivity index (χ0v) is 19.0. The Kier molecular flexibility index (Phi) is 6.60. The Labute approximate surface area is 192 Å². The Bertz CT molecular complexity index is 1170. The van der Waals surface area contributed by atoms with Crippen molar-refractivity contribution in [2.45, 2.75) is 45.4 Å². The number of nitrogens with zero attached hydrogens (tertiary/aromatic N) is 5. The standard InChI is InChI=1S/C26H27F2N5/c1-26(2,3)33-25(29-30-31-33)24(21-11-15-23(28)16-12-21)32(17-19-7-5-4-6-8-19)18-20-9-13-22(27)14-10-20/h4-16,24H,17-18H2,1-3H3/t24-/m0/s1. The molecule has 0 bridgehead atoms. The molecule has 1 aromatic heterocycles. The minimum atomic E-state index is -0.356. The van der Waals surface area contributed by atoms with Crippen LogP contribution in [0.5, 0.6) is 0 Å². The Morgan fingerprint density at radius 1 is 0.788 bits per heavy atom. The first kappa shape index (κ1) is 22.7. The number of tetrazole rings is 1. The molecule has 4 rings (SSSR count). The van der Waals surface area contributed by atoms with E-state index in [-0.39, 0.29) is 23.2 Å². The topological polar surface area (TPSA) is 46.8 Å². The molecule has 0 radical (unpaired) electrons. The molecule has 0 aliphatic heterocycles. The monoisotopic (exact) mass is 447 g/mol. The van der Waals surface area contributed by atoms with Crippen LogP contribution in [-0.2, 0) is 18.6 Å². The molecule has 0 unspecified atom stereocenters. The summed E-state index contributed by atoms with van der Waals surface area (Å²) in [5.41, 5.74) is 2.58. The van der Waals surface area contributed by atoms with Crippen molar-refractivity contribution in [2.75, 3.05) is 0 Å². The highest BCUT2D eigenvalue weighted by Crippen LogP contribution is 2.32. The zero-order valence-electron chi connectivity index (χ0n) is 19.0. The van der Waals surface area contributed by atoms with Crippen LogP contribution in [0.1, 0.15) is 49.3 Å². The molecule has 33 heavy (non-hydrogen) atoms. The molecule has 1 atom stereocenters. The van der Waals surface area contributed by atoms with E-state index in [1.54, 1.807) is 24.3 Å². The van der Waals surface area contributed by atoms with Crippen molar-refractivity contribution < 1.29 is 8.78 Å². The molecule has 4 aromatic rings. The van der Waals surface area contributed by atoms with Crippen LogP contribution < -0.4 is 0 Å². The van der Waals surface area contributed by atoms with E-state index in [1.165, 1.54) is 24.3 Å². The molecular formula is C26H27F2N5. The lowest BCUT2D eigenvalue weighted by Crippen LogP contribution is -2.34. The van der Waals surface area contributed by atoms with Crippen LogP contribution in [0.25, 0.3) is 0 Å². The number of hydrogen-bond donors (Lipinski definition) is 0. The van der Waals surface area contributed by atoms with Crippen LogP contribution in [-0.4, -0.2) is 25.1 Å². The van der Waals surface area contributed by atoms with Gasteiger partial charge in [0.1, 0.15) is 11.6 Å². The summed E-state index contributed by atoms with van der Waals surface area (Å²) in [6.45, 7) is 7.23. The lowest BCUT2D eigenvalue weighted by atomic mass is 10.0. The van der Waals surface area contributed by atoms with Crippen molar-refractivity contribution in [3.8, 4) is 0 Å². The lowest BCUT2D eigenvalue weighted by Gasteiger charge is -2.33. The Balaban J connectivity index is 1.83. The fourth-order valence-electron chi connectivity index (χ4n) is 3.89. The maximum absolute atomic E-state index is 13.8. The normalized spacial score (nSPS) is 12.8. The van der Waals surface area contributed by atoms with Gasteiger partial charge in [0, 0.05) is 13.1 Å². The van der Waals surface area contributed by atoms with Crippen LogP contribution in [0, 0.1) is 11.6 Å². The van der Waals surface area contributed by atoms with Gasteiger partial charge >= 0.3 is 0 Å². The average Bonchev–Trinajstić information content (AvgIpc) is 3.28. The number of halogens is 2. The average molecular weight is 448 g/mol. The minimum Gasteiger partial charge on any atom is -0.281 e. The van der Waals surface area contributed by atoms with E-state index in [0.717, 1.165) is 16.7 Å². The minimum absolute atomic E-state index is 0.278. The summed E-state index contributed by atoms with van der Waals surface area (Å²) in [6.07, 6.45) is 0.